The number of pyridine rings is 1. The summed E-state index contributed by atoms with van der Waals surface area (Å²) in [4.78, 5) is 8.88. The van der Waals surface area contributed by atoms with E-state index in [-0.39, 0.29) is 0 Å². The van der Waals surface area contributed by atoms with Crippen molar-refractivity contribution in [1.29, 1.82) is 0 Å². The molecule has 0 amide bonds. The Bertz CT molecular complexity index is 874. The fourth-order valence-electron chi connectivity index (χ4n) is 2.07. The summed E-state index contributed by atoms with van der Waals surface area (Å²) in [6.07, 6.45) is 3.26. The van der Waals surface area contributed by atoms with Gasteiger partial charge < -0.3 is 0 Å². The first-order valence-corrected chi connectivity index (χ1v) is 8.28. The van der Waals surface area contributed by atoms with Crippen LogP contribution >= 0.6 is 23.2 Å². The summed E-state index contributed by atoms with van der Waals surface area (Å²) in [7, 11) is 0. The lowest BCUT2D eigenvalue weighted by Crippen LogP contribution is -2.20. The third kappa shape index (κ3) is 4.66. The summed E-state index contributed by atoms with van der Waals surface area (Å²) < 4.78 is 0. The lowest BCUT2D eigenvalue weighted by Gasteiger charge is -2.06. The van der Waals surface area contributed by atoms with Crippen molar-refractivity contribution in [2.75, 3.05) is 0 Å². The number of aromatic nitrogens is 1. The van der Waals surface area contributed by atoms with Crippen LogP contribution in [0.1, 0.15) is 11.3 Å². The third-order valence-electron chi connectivity index (χ3n) is 3.27. The average Bonchev–Trinajstić information content (AvgIpc) is 2.65. The number of amidine groups is 1. The molecule has 2 aromatic carbocycles. The van der Waals surface area contributed by atoms with Crippen LogP contribution in [0.25, 0.3) is 0 Å². The molecule has 0 aliphatic carbocycles. The summed E-state index contributed by atoms with van der Waals surface area (Å²) >= 11 is 12.3. The Hall–Kier alpha value is -2.69. The number of hydrogen-bond acceptors (Lipinski definition) is 3. The molecule has 0 radical (unpaired) electrons. The maximum atomic E-state index is 6.15. The van der Waals surface area contributed by atoms with Crippen LogP contribution in [0.4, 0.5) is 5.69 Å². The van der Waals surface area contributed by atoms with Gasteiger partial charge in [-0.05, 0) is 36.4 Å². The molecule has 3 rings (SSSR count). The van der Waals surface area contributed by atoms with Gasteiger partial charge in [-0.15, -0.1) is 0 Å². The first-order chi connectivity index (χ1) is 12.2. The Labute approximate surface area is 155 Å². The highest BCUT2D eigenvalue weighted by Gasteiger charge is 2.05. The van der Waals surface area contributed by atoms with E-state index in [1.165, 1.54) is 0 Å². The minimum atomic E-state index is 0.520. The number of benzene rings is 2. The van der Waals surface area contributed by atoms with Crippen LogP contribution in [-0.4, -0.2) is 17.0 Å². The van der Waals surface area contributed by atoms with Gasteiger partial charge in [-0.2, -0.15) is 5.10 Å². The van der Waals surface area contributed by atoms with E-state index in [9.17, 15) is 0 Å². The van der Waals surface area contributed by atoms with Crippen LogP contribution in [0.2, 0.25) is 10.0 Å². The van der Waals surface area contributed by atoms with Gasteiger partial charge in [0.25, 0.3) is 0 Å². The molecule has 1 heterocycles. The van der Waals surface area contributed by atoms with Gasteiger partial charge in [0, 0.05) is 11.8 Å². The van der Waals surface area contributed by atoms with Crippen LogP contribution in [-0.2, 0) is 0 Å². The summed E-state index contributed by atoms with van der Waals surface area (Å²) in [5.74, 6) is 0.520. The zero-order valence-corrected chi connectivity index (χ0v) is 14.6. The van der Waals surface area contributed by atoms with E-state index in [2.05, 4.69) is 20.5 Å². The topological polar surface area (TPSA) is 49.6 Å². The van der Waals surface area contributed by atoms with Crippen molar-refractivity contribution >= 4 is 40.9 Å². The van der Waals surface area contributed by atoms with Gasteiger partial charge in [-0.25, -0.2) is 4.99 Å². The maximum Gasteiger partial charge on any atom is 0.172 e. The molecule has 0 unspecified atom stereocenters. The Kier molecular flexibility index (Phi) is 5.77. The highest BCUT2D eigenvalue weighted by molar-refractivity contribution is 6.38. The zero-order valence-electron chi connectivity index (χ0n) is 13.1. The molecule has 0 bridgehead atoms. The molecular formula is C19H14Cl2N4. The van der Waals surface area contributed by atoms with Crippen molar-refractivity contribution in [3.63, 3.8) is 0 Å². The molecule has 0 aliphatic heterocycles. The van der Waals surface area contributed by atoms with Gasteiger partial charge in [0.15, 0.2) is 5.84 Å². The van der Waals surface area contributed by atoms with Gasteiger partial charge in [0.05, 0.1) is 21.9 Å². The van der Waals surface area contributed by atoms with Gasteiger partial charge in [-0.3, -0.25) is 10.4 Å². The van der Waals surface area contributed by atoms with Gasteiger partial charge in [0.2, 0.25) is 0 Å². The SMILES string of the molecule is Clc1cccc(Cl)c1/C=N\NC(=Nc1ccccc1)c1ccccn1. The molecule has 3 aromatic rings. The summed E-state index contributed by atoms with van der Waals surface area (Å²) in [6, 6.07) is 20.5. The second-order valence-electron chi connectivity index (χ2n) is 5.02. The smallest absolute Gasteiger partial charge is 0.172 e. The Morgan fingerprint density at radius 2 is 1.60 bits per heavy atom. The molecule has 0 fully saturated rings. The molecule has 6 heteroatoms. The fraction of sp³-hybridized carbons (Fsp3) is 0. The Morgan fingerprint density at radius 1 is 0.880 bits per heavy atom. The number of aliphatic imine (C=N–C) groups is 1. The number of halogens is 2. The molecule has 1 aromatic heterocycles. The largest absolute Gasteiger partial charge is 0.260 e. The van der Waals surface area contributed by atoms with Crippen LogP contribution in [0.15, 0.2) is 83.0 Å². The van der Waals surface area contributed by atoms with Crippen molar-refractivity contribution in [3.05, 3.63) is 94.2 Å². The van der Waals surface area contributed by atoms with Crippen LogP contribution in [0, 0.1) is 0 Å². The monoisotopic (exact) mass is 368 g/mol. The molecule has 0 spiro atoms. The lowest BCUT2D eigenvalue weighted by atomic mass is 10.2. The second-order valence-corrected chi connectivity index (χ2v) is 5.83. The van der Waals surface area contributed by atoms with Gasteiger partial charge in [0.1, 0.15) is 5.69 Å². The first kappa shape index (κ1) is 17.1. The van der Waals surface area contributed by atoms with Gasteiger partial charge in [-0.1, -0.05) is 53.5 Å². The molecule has 0 saturated carbocycles. The standard InChI is InChI=1S/C19H14Cl2N4/c20-16-9-6-10-17(21)15(16)13-23-25-19(18-11-4-5-12-22-18)24-14-7-2-1-3-8-14/h1-13H,(H,24,25)/b23-13-. The molecule has 4 nitrogen and oxygen atoms in total. The molecule has 0 aliphatic rings. The van der Waals surface area contributed by atoms with Crippen molar-refractivity contribution < 1.29 is 0 Å². The Morgan fingerprint density at radius 3 is 2.28 bits per heavy atom. The maximum absolute atomic E-state index is 6.15. The van der Waals surface area contributed by atoms with Crippen molar-refractivity contribution in [2.45, 2.75) is 0 Å². The summed E-state index contributed by atoms with van der Waals surface area (Å²) in [5.41, 5.74) is 5.03. The van der Waals surface area contributed by atoms with Crippen LogP contribution in [0.5, 0.6) is 0 Å². The van der Waals surface area contributed by atoms with Crippen molar-refractivity contribution in [3.8, 4) is 0 Å². The number of hydrogen-bond donors (Lipinski definition) is 1. The van der Waals surface area contributed by atoms with Crippen LogP contribution < -0.4 is 5.43 Å². The zero-order chi connectivity index (χ0) is 17.5. The molecular weight excluding hydrogens is 355 g/mol. The predicted octanol–water partition coefficient (Wildman–Crippen LogP) is 5.09. The van der Waals surface area contributed by atoms with Crippen molar-refractivity contribution in [1.82, 2.24) is 10.4 Å². The van der Waals surface area contributed by atoms with E-state index in [1.54, 1.807) is 30.6 Å². The Balaban J connectivity index is 1.89. The second kappa shape index (κ2) is 8.42. The van der Waals surface area contributed by atoms with E-state index in [4.69, 9.17) is 23.2 Å². The minimum absolute atomic E-state index is 0.520. The fourth-order valence-corrected chi connectivity index (χ4v) is 2.56. The first-order valence-electron chi connectivity index (χ1n) is 7.52. The highest BCUT2D eigenvalue weighted by Crippen LogP contribution is 2.22. The molecule has 0 saturated heterocycles. The molecule has 124 valence electrons. The number of para-hydroxylation sites is 1. The van der Waals surface area contributed by atoms with E-state index >= 15 is 0 Å². The summed E-state index contributed by atoms with van der Waals surface area (Å²) in [6.45, 7) is 0. The van der Waals surface area contributed by atoms with E-state index < -0.39 is 0 Å². The van der Waals surface area contributed by atoms with Gasteiger partial charge >= 0.3 is 0 Å². The minimum Gasteiger partial charge on any atom is -0.260 e. The number of rotatable bonds is 4. The van der Waals surface area contributed by atoms with E-state index in [0.717, 1.165) is 5.69 Å². The quantitative estimate of drug-likeness (QED) is 0.396. The normalized spacial score (nSPS) is 11.7. The predicted molar refractivity (Wildman–Crippen MR) is 104 cm³/mol. The molecule has 25 heavy (non-hydrogen) atoms. The lowest BCUT2D eigenvalue weighted by molar-refractivity contribution is 1.02. The van der Waals surface area contributed by atoms with E-state index in [1.807, 2.05) is 48.5 Å². The third-order valence-corrected chi connectivity index (χ3v) is 3.93. The molecule has 0 atom stereocenters. The molecule has 1 N–H and O–H groups in total. The average molecular weight is 369 g/mol. The summed E-state index contributed by atoms with van der Waals surface area (Å²) in [5, 5.41) is 5.27. The highest BCUT2D eigenvalue weighted by atomic mass is 35.5. The number of nitrogens with zero attached hydrogens (tertiary/aromatic N) is 3. The van der Waals surface area contributed by atoms with Crippen molar-refractivity contribution in [2.24, 2.45) is 10.1 Å². The number of hydrazone groups is 1. The van der Waals surface area contributed by atoms with E-state index in [0.29, 0.717) is 27.1 Å². The number of nitrogens with one attached hydrogen (secondary N) is 1. The van der Waals surface area contributed by atoms with Crippen LogP contribution in [0.3, 0.4) is 0 Å².